The fourth-order valence-electron chi connectivity index (χ4n) is 2.41. The highest BCUT2D eigenvalue weighted by Gasteiger charge is 2.30. The maximum absolute atomic E-state index is 10.9. The summed E-state index contributed by atoms with van der Waals surface area (Å²) in [4.78, 5) is 14.1. The van der Waals surface area contributed by atoms with E-state index in [0.29, 0.717) is 6.54 Å². The monoisotopic (exact) mass is 254 g/mol. The molecular weight excluding hydrogens is 236 g/mol. The lowest BCUT2D eigenvalue weighted by Gasteiger charge is -2.30. The smallest absolute Gasteiger partial charge is 0.426 e. The Balaban J connectivity index is 2.17. The molecule has 18 heavy (non-hydrogen) atoms. The summed E-state index contributed by atoms with van der Waals surface area (Å²) in [5, 5.41) is 10.9. The average molecular weight is 254 g/mol. The second-order valence-electron chi connectivity index (χ2n) is 4.68. The molecule has 1 saturated carbocycles. The first-order valence-corrected chi connectivity index (χ1v) is 6.16. The molecule has 0 bridgehead atoms. The van der Waals surface area contributed by atoms with Gasteiger partial charge in [-0.15, -0.1) is 0 Å². The van der Waals surface area contributed by atoms with E-state index in [1.165, 1.54) is 6.33 Å². The summed E-state index contributed by atoms with van der Waals surface area (Å²) in [6.07, 6.45) is 5.49. The van der Waals surface area contributed by atoms with Crippen LogP contribution < -0.4 is 10.5 Å². The maximum atomic E-state index is 10.9. The van der Waals surface area contributed by atoms with Crippen molar-refractivity contribution in [2.45, 2.75) is 31.8 Å². The van der Waals surface area contributed by atoms with Crippen LogP contribution in [0.3, 0.4) is 0 Å². The Morgan fingerprint density at radius 3 is 3.00 bits per heavy atom. The number of imidazole rings is 1. The quantitative estimate of drug-likeness (QED) is 0.643. The van der Waals surface area contributed by atoms with Gasteiger partial charge in [0.05, 0.1) is 0 Å². The number of nitrogens with zero attached hydrogens (tertiary/aromatic N) is 3. The van der Waals surface area contributed by atoms with Gasteiger partial charge in [-0.3, -0.25) is 4.57 Å². The number of aromatic nitrogens is 2. The van der Waals surface area contributed by atoms with Crippen LogP contribution in [0.5, 0.6) is 5.88 Å². The first-order valence-electron chi connectivity index (χ1n) is 6.16. The van der Waals surface area contributed by atoms with E-state index in [-0.39, 0.29) is 23.7 Å². The molecule has 2 rings (SSSR count). The number of hydrogen-bond acceptors (Lipinski definition) is 5. The van der Waals surface area contributed by atoms with Crippen molar-refractivity contribution in [1.29, 1.82) is 0 Å². The molecule has 7 heteroatoms. The third-order valence-corrected chi connectivity index (χ3v) is 3.44. The molecule has 2 unspecified atom stereocenters. The van der Waals surface area contributed by atoms with Crippen LogP contribution in [-0.4, -0.2) is 27.1 Å². The molecule has 7 nitrogen and oxygen atoms in total. The Kier molecular flexibility index (Phi) is 3.81. The zero-order chi connectivity index (χ0) is 13.1. The topological polar surface area (TPSA) is 96.2 Å². The van der Waals surface area contributed by atoms with Crippen molar-refractivity contribution in [2.75, 3.05) is 6.54 Å². The predicted octanol–water partition coefficient (Wildman–Crippen LogP) is 1.22. The number of aryl methyl sites for hydroxylation is 1. The minimum Gasteiger partial charge on any atom is -0.469 e. The molecular formula is C11H18N4O3. The summed E-state index contributed by atoms with van der Waals surface area (Å²) >= 11 is 0. The van der Waals surface area contributed by atoms with Gasteiger partial charge >= 0.3 is 5.82 Å². The molecule has 1 heterocycles. The van der Waals surface area contributed by atoms with Crippen LogP contribution in [0.25, 0.3) is 0 Å². The highest BCUT2D eigenvalue weighted by molar-refractivity contribution is 5.33. The minimum atomic E-state index is -0.518. The Hall–Kier alpha value is -1.63. The van der Waals surface area contributed by atoms with E-state index < -0.39 is 4.92 Å². The van der Waals surface area contributed by atoms with Crippen molar-refractivity contribution in [3.63, 3.8) is 0 Å². The molecule has 0 saturated heterocycles. The van der Waals surface area contributed by atoms with Gasteiger partial charge < -0.3 is 20.6 Å². The Bertz CT molecular complexity index is 432. The van der Waals surface area contributed by atoms with Crippen molar-refractivity contribution in [1.82, 2.24) is 9.55 Å². The zero-order valence-corrected chi connectivity index (χ0v) is 10.4. The van der Waals surface area contributed by atoms with Crippen molar-refractivity contribution < 1.29 is 9.66 Å². The van der Waals surface area contributed by atoms with Crippen molar-refractivity contribution in [3.05, 3.63) is 16.4 Å². The molecule has 1 aliphatic rings. The lowest BCUT2D eigenvalue weighted by molar-refractivity contribution is -0.390. The standard InChI is InChI=1S/C11H18N4O3/c1-14-7-13-10(15(16)17)11(14)18-9-5-3-2-4-8(9)6-12/h7-9H,2-6,12H2,1H3. The average Bonchev–Trinajstić information content (AvgIpc) is 2.72. The third kappa shape index (κ3) is 2.45. The fraction of sp³-hybridized carbons (Fsp3) is 0.727. The van der Waals surface area contributed by atoms with E-state index in [1.807, 2.05) is 0 Å². The highest BCUT2D eigenvalue weighted by Crippen LogP contribution is 2.31. The third-order valence-electron chi connectivity index (χ3n) is 3.44. The van der Waals surface area contributed by atoms with E-state index in [1.54, 1.807) is 11.6 Å². The lowest BCUT2D eigenvalue weighted by atomic mass is 9.86. The van der Waals surface area contributed by atoms with E-state index >= 15 is 0 Å². The normalized spacial score (nSPS) is 23.9. The number of ether oxygens (including phenoxy) is 1. The summed E-state index contributed by atoms with van der Waals surface area (Å²) in [5.74, 6) is 0.275. The second kappa shape index (κ2) is 5.34. The Labute approximate surface area is 105 Å². The van der Waals surface area contributed by atoms with Crippen molar-refractivity contribution in [2.24, 2.45) is 18.7 Å². The number of hydrogen-bond donors (Lipinski definition) is 1. The molecule has 0 amide bonds. The molecule has 0 radical (unpaired) electrons. The number of nitrogens with two attached hydrogens (primary N) is 1. The summed E-state index contributed by atoms with van der Waals surface area (Å²) in [5.41, 5.74) is 5.72. The van der Waals surface area contributed by atoms with Crippen LogP contribution in [0.15, 0.2) is 6.33 Å². The molecule has 1 aliphatic carbocycles. The maximum Gasteiger partial charge on any atom is 0.426 e. The first-order chi connectivity index (χ1) is 8.63. The van der Waals surface area contributed by atoms with Crippen LogP contribution in [0.1, 0.15) is 25.7 Å². The summed E-state index contributed by atoms with van der Waals surface area (Å²) in [6.45, 7) is 0.552. The van der Waals surface area contributed by atoms with Gasteiger partial charge in [0, 0.05) is 13.0 Å². The SMILES string of the molecule is Cn1cnc([N+](=O)[O-])c1OC1CCCCC1CN. The summed E-state index contributed by atoms with van der Waals surface area (Å²) < 4.78 is 7.34. The van der Waals surface area contributed by atoms with Crippen LogP contribution in [0.4, 0.5) is 5.82 Å². The predicted molar refractivity (Wildman–Crippen MR) is 65.3 cm³/mol. The molecule has 1 aromatic heterocycles. The Morgan fingerprint density at radius 2 is 2.33 bits per heavy atom. The molecule has 100 valence electrons. The lowest BCUT2D eigenvalue weighted by Crippen LogP contribution is -2.35. The van der Waals surface area contributed by atoms with Crippen LogP contribution in [-0.2, 0) is 7.05 Å². The molecule has 0 spiro atoms. The van der Waals surface area contributed by atoms with Gasteiger partial charge in [0.25, 0.3) is 5.88 Å². The van der Waals surface area contributed by atoms with Gasteiger partial charge in [-0.25, -0.2) is 0 Å². The van der Waals surface area contributed by atoms with E-state index in [2.05, 4.69) is 4.98 Å². The van der Waals surface area contributed by atoms with Gasteiger partial charge in [0.1, 0.15) is 6.10 Å². The highest BCUT2D eigenvalue weighted by atomic mass is 16.6. The van der Waals surface area contributed by atoms with Crippen LogP contribution >= 0.6 is 0 Å². The minimum absolute atomic E-state index is 0.0437. The molecule has 1 aromatic rings. The second-order valence-corrected chi connectivity index (χ2v) is 4.68. The van der Waals surface area contributed by atoms with Gasteiger partial charge in [-0.1, -0.05) is 6.42 Å². The molecule has 0 aromatic carbocycles. The number of nitro groups is 1. The molecule has 0 aliphatic heterocycles. The van der Waals surface area contributed by atoms with Crippen LogP contribution in [0.2, 0.25) is 0 Å². The molecule has 1 fully saturated rings. The van der Waals surface area contributed by atoms with Crippen molar-refractivity contribution in [3.8, 4) is 5.88 Å². The van der Waals surface area contributed by atoms with Crippen molar-refractivity contribution >= 4 is 5.82 Å². The van der Waals surface area contributed by atoms with Gasteiger partial charge in [0.2, 0.25) is 6.33 Å². The Morgan fingerprint density at radius 1 is 1.61 bits per heavy atom. The zero-order valence-electron chi connectivity index (χ0n) is 10.4. The summed E-state index contributed by atoms with van der Waals surface area (Å²) in [6, 6.07) is 0. The fourth-order valence-corrected chi connectivity index (χ4v) is 2.41. The summed E-state index contributed by atoms with van der Waals surface area (Å²) in [7, 11) is 1.69. The van der Waals surface area contributed by atoms with E-state index in [9.17, 15) is 10.1 Å². The number of rotatable bonds is 4. The largest absolute Gasteiger partial charge is 0.469 e. The van der Waals surface area contributed by atoms with Gasteiger partial charge in [-0.2, -0.15) is 0 Å². The van der Waals surface area contributed by atoms with E-state index in [0.717, 1.165) is 25.7 Å². The molecule has 2 atom stereocenters. The van der Waals surface area contributed by atoms with Gasteiger partial charge in [0.15, 0.2) is 0 Å². The van der Waals surface area contributed by atoms with E-state index in [4.69, 9.17) is 10.5 Å². The first kappa shape index (κ1) is 12.8. The van der Waals surface area contributed by atoms with Gasteiger partial charge in [-0.05, 0) is 35.7 Å². The molecule has 2 N–H and O–H groups in total. The van der Waals surface area contributed by atoms with Crippen LogP contribution in [0, 0.1) is 16.0 Å².